The summed E-state index contributed by atoms with van der Waals surface area (Å²) in [5.74, 6) is 1.36. The lowest BCUT2D eigenvalue weighted by Gasteiger charge is -2.32. The van der Waals surface area contributed by atoms with Crippen molar-refractivity contribution in [2.24, 2.45) is 5.92 Å². The van der Waals surface area contributed by atoms with Gasteiger partial charge in [0.1, 0.15) is 5.75 Å². The molecule has 1 aliphatic rings. The lowest BCUT2D eigenvalue weighted by Crippen LogP contribution is -2.41. The minimum absolute atomic E-state index is 0.0334. The molecular formula is C26H28N2O2. The van der Waals surface area contributed by atoms with E-state index in [1.54, 1.807) is 7.11 Å². The molecule has 3 aromatic rings. The zero-order valence-corrected chi connectivity index (χ0v) is 17.4. The maximum absolute atomic E-state index is 12.6. The molecule has 1 aliphatic heterocycles. The van der Waals surface area contributed by atoms with Crippen molar-refractivity contribution in [3.8, 4) is 16.9 Å². The Labute approximate surface area is 178 Å². The first kappa shape index (κ1) is 20.0. The van der Waals surface area contributed by atoms with Crippen LogP contribution in [0.25, 0.3) is 11.1 Å². The Balaban J connectivity index is 1.27. The highest BCUT2D eigenvalue weighted by Gasteiger charge is 2.23. The average Bonchev–Trinajstić information content (AvgIpc) is 2.81. The molecule has 0 aromatic heterocycles. The molecule has 154 valence electrons. The molecule has 0 atom stereocenters. The number of ether oxygens (including phenoxy) is 1. The molecule has 0 aliphatic carbocycles. The van der Waals surface area contributed by atoms with Crippen LogP contribution in [0.2, 0.25) is 0 Å². The predicted octanol–water partition coefficient (Wildman–Crippen LogP) is 5.85. The summed E-state index contributed by atoms with van der Waals surface area (Å²) in [7, 11) is 1.63. The zero-order chi connectivity index (χ0) is 20.8. The van der Waals surface area contributed by atoms with Crippen LogP contribution in [0, 0.1) is 5.92 Å². The van der Waals surface area contributed by atoms with Crippen molar-refractivity contribution < 1.29 is 9.53 Å². The number of anilines is 1. The molecule has 0 spiro atoms. The highest BCUT2D eigenvalue weighted by atomic mass is 16.5. The highest BCUT2D eigenvalue weighted by molar-refractivity contribution is 5.89. The van der Waals surface area contributed by atoms with E-state index < -0.39 is 0 Å². The predicted molar refractivity (Wildman–Crippen MR) is 122 cm³/mol. The van der Waals surface area contributed by atoms with Crippen molar-refractivity contribution in [3.05, 3.63) is 84.4 Å². The molecule has 1 fully saturated rings. The van der Waals surface area contributed by atoms with Gasteiger partial charge in [-0.15, -0.1) is 0 Å². The van der Waals surface area contributed by atoms with Crippen molar-refractivity contribution in [2.45, 2.75) is 19.3 Å². The van der Waals surface area contributed by atoms with Gasteiger partial charge in [-0.1, -0.05) is 60.7 Å². The van der Waals surface area contributed by atoms with Gasteiger partial charge in [0.2, 0.25) is 0 Å². The number of carbonyl (C=O) groups is 1. The Morgan fingerprint density at radius 1 is 0.933 bits per heavy atom. The summed E-state index contributed by atoms with van der Waals surface area (Å²) in [4.78, 5) is 14.5. The first-order valence-corrected chi connectivity index (χ1v) is 10.6. The van der Waals surface area contributed by atoms with E-state index in [0.717, 1.165) is 43.8 Å². The normalized spacial score (nSPS) is 14.4. The Bertz CT molecular complexity index is 962. The molecule has 1 heterocycles. The molecule has 0 unspecified atom stereocenters. The van der Waals surface area contributed by atoms with Crippen LogP contribution in [0.1, 0.15) is 18.4 Å². The van der Waals surface area contributed by atoms with Crippen molar-refractivity contribution in [1.29, 1.82) is 0 Å². The molecule has 3 aromatic carbocycles. The van der Waals surface area contributed by atoms with E-state index in [0.29, 0.717) is 5.92 Å². The molecule has 0 saturated carbocycles. The SMILES string of the molecule is COc1cccc(NC(=O)N2CCC(Cc3ccc(-c4ccccc4)cc3)CC2)c1. The Morgan fingerprint density at radius 3 is 2.33 bits per heavy atom. The highest BCUT2D eigenvalue weighted by Crippen LogP contribution is 2.25. The number of hydrogen-bond acceptors (Lipinski definition) is 2. The summed E-state index contributed by atoms with van der Waals surface area (Å²) < 4.78 is 5.22. The number of nitrogens with one attached hydrogen (secondary N) is 1. The van der Waals surface area contributed by atoms with Gasteiger partial charge >= 0.3 is 6.03 Å². The number of piperidine rings is 1. The van der Waals surface area contributed by atoms with Crippen molar-refractivity contribution in [2.75, 3.05) is 25.5 Å². The average molecular weight is 401 g/mol. The third-order valence-electron chi connectivity index (χ3n) is 5.81. The smallest absolute Gasteiger partial charge is 0.321 e. The van der Waals surface area contributed by atoms with Gasteiger partial charge in [0.25, 0.3) is 0 Å². The molecule has 4 nitrogen and oxygen atoms in total. The fourth-order valence-corrected chi connectivity index (χ4v) is 4.04. The van der Waals surface area contributed by atoms with Gasteiger partial charge in [0.05, 0.1) is 7.11 Å². The fourth-order valence-electron chi connectivity index (χ4n) is 4.04. The lowest BCUT2D eigenvalue weighted by atomic mass is 9.89. The molecule has 0 bridgehead atoms. The third kappa shape index (κ3) is 5.01. The second-order valence-corrected chi connectivity index (χ2v) is 7.86. The van der Waals surface area contributed by atoms with Gasteiger partial charge in [-0.3, -0.25) is 0 Å². The van der Waals surface area contributed by atoms with Gasteiger partial charge in [0, 0.05) is 24.8 Å². The minimum Gasteiger partial charge on any atom is -0.497 e. The number of likely N-dealkylation sites (tertiary alicyclic amines) is 1. The van der Waals surface area contributed by atoms with Crippen LogP contribution in [0.4, 0.5) is 10.5 Å². The van der Waals surface area contributed by atoms with Crippen molar-refractivity contribution >= 4 is 11.7 Å². The maximum atomic E-state index is 12.6. The molecule has 0 radical (unpaired) electrons. The second-order valence-electron chi connectivity index (χ2n) is 7.86. The number of carbonyl (C=O) groups excluding carboxylic acids is 1. The third-order valence-corrected chi connectivity index (χ3v) is 5.81. The monoisotopic (exact) mass is 400 g/mol. The fraction of sp³-hybridized carbons (Fsp3) is 0.269. The molecule has 1 saturated heterocycles. The Hall–Kier alpha value is -3.27. The molecular weight excluding hydrogens is 372 g/mol. The van der Waals surface area contributed by atoms with Crippen LogP contribution in [0.15, 0.2) is 78.9 Å². The molecule has 4 heteroatoms. The second kappa shape index (κ2) is 9.49. The van der Waals surface area contributed by atoms with E-state index >= 15 is 0 Å². The van der Waals surface area contributed by atoms with E-state index in [9.17, 15) is 4.79 Å². The minimum atomic E-state index is -0.0334. The zero-order valence-electron chi connectivity index (χ0n) is 17.4. The first-order chi connectivity index (χ1) is 14.7. The number of urea groups is 1. The van der Waals surface area contributed by atoms with Crippen molar-refractivity contribution in [3.63, 3.8) is 0 Å². The summed E-state index contributed by atoms with van der Waals surface area (Å²) in [5.41, 5.74) is 4.64. The van der Waals surface area contributed by atoms with Gasteiger partial charge in [-0.2, -0.15) is 0 Å². The quantitative estimate of drug-likeness (QED) is 0.584. The van der Waals surface area contributed by atoms with Crippen LogP contribution in [-0.4, -0.2) is 31.1 Å². The van der Waals surface area contributed by atoms with E-state index in [-0.39, 0.29) is 6.03 Å². The molecule has 4 rings (SSSR count). The summed E-state index contributed by atoms with van der Waals surface area (Å²) in [5, 5.41) is 2.98. The standard InChI is InChI=1S/C26H28N2O2/c1-30-25-9-5-8-24(19-25)27-26(29)28-16-14-21(15-17-28)18-20-10-12-23(13-11-20)22-6-3-2-4-7-22/h2-13,19,21H,14-18H2,1H3,(H,27,29). The largest absolute Gasteiger partial charge is 0.497 e. The van der Waals surface area contributed by atoms with E-state index in [1.165, 1.54) is 16.7 Å². The van der Waals surface area contributed by atoms with Gasteiger partial charge < -0.3 is 15.0 Å². The number of rotatable bonds is 5. The van der Waals surface area contributed by atoms with Crippen LogP contribution >= 0.6 is 0 Å². The van der Waals surface area contributed by atoms with Crippen LogP contribution in [0.5, 0.6) is 5.75 Å². The van der Waals surface area contributed by atoms with E-state index in [2.05, 4.69) is 53.8 Å². The summed E-state index contributed by atoms with van der Waals surface area (Å²) >= 11 is 0. The van der Waals surface area contributed by atoms with Gasteiger partial charge in [-0.05, 0) is 54.0 Å². The first-order valence-electron chi connectivity index (χ1n) is 10.6. The summed E-state index contributed by atoms with van der Waals surface area (Å²) in [6.07, 6.45) is 3.14. The Morgan fingerprint density at radius 2 is 1.63 bits per heavy atom. The van der Waals surface area contributed by atoms with Gasteiger partial charge in [-0.25, -0.2) is 4.79 Å². The number of hydrogen-bond donors (Lipinski definition) is 1. The lowest BCUT2D eigenvalue weighted by molar-refractivity contribution is 0.182. The number of amides is 2. The van der Waals surface area contributed by atoms with Crippen LogP contribution in [-0.2, 0) is 6.42 Å². The van der Waals surface area contributed by atoms with Gasteiger partial charge in [0.15, 0.2) is 0 Å². The van der Waals surface area contributed by atoms with E-state index in [1.807, 2.05) is 35.2 Å². The number of nitrogens with zero attached hydrogens (tertiary/aromatic N) is 1. The maximum Gasteiger partial charge on any atom is 0.321 e. The summed E-state index contributed by atoms with van der Waals surface area (Å²) in [6, 6.07) is 26.8. The van der Waals surface area contributed by atoms with Crippen molar-refractivity contribution in [1.82, 2.24) is 4.90 Å². The number of methoxy groups -OCH3 is 1. The van der Waals surface area contributed by atoms with Crippen LogP contribution < -0.4 is 10.1 Å². The molecule has 30 heavy (non-hydrogen) atoms. The Kier molecular flexibility index (Phi) is 6.33. The summed E-state index contributed by atoms with van der Waals surface area (Å²) in [6.45, 7) is 1.59. The molecule has 1 N–H and O–H groups in total. The number of benzene rings is 3. The van der Waals surface area contributed by atoms with Crippen LogP contribution in [0.3, 0.4) is 0 Å². The topological polar surface area (TPSA) is 41.6 Å². The van der Waals surface area contributed by atoms with E-state index in [4.69, 9.17) is 4.74 Å². The molecule has 2 amide bonds.